The monoisotopic (exact) mass is 583 g/mol. The molecule has 222 valence electrons. The summed E-state index contributed by atoms with van der Waals surface area (Å²) >= 11 is 0. The van der Waals surface area contributed by atoms with E-state index in [1.807, 2.05) is 0 Å². The Morgan fingerprint density at radius 1 is 0.850 bits per heavy atom. The van der Waals surface area contributed by atoms with Crippen molar-refractivity contribution in [3.8, 4) is 23.0 Å². The van der Waals surface area contributed by atoms with Crippen LogP contribution in [0.15, 0.2) is 35.7 Å². The highest BCUT2D eigenvalue weighted by Crippen LogP contribution is 2.35. The highest BCUT2D eigenvalue weighted by atomic mass is 32.2. The van der Waals surface area contributed by atoms with E-state index in [1.165, 1.54) is 40.6 Å². The molecule has 4 N–H and O–H groups in total. The predicted molar refractivity (Wildman–Crippen MR) is 150 cm³/mol. The zero-order chi connectivity index (χ0) is 29.8. The average Bonchev–Trinajstić information content (AvgIpc) is 2.91. The zero-order valence-corrected chi connectivity index (χ0v) is 24.1. The lowest BCUT2D eigenvalue weighted by molar-refractivity contribution is -0.921. The minimum Gasteiger partial charge on any atom is -0.496 e. The Balaban J connectivity index is 2.30. The van der Waals surface area contributed by atoms with Crippen molar-refractivity contribution in [2.24, 2.45) is 0 Å². The van der Waals surface area contributed by atoms with Crippen LogP contribution in [0.3, 0.4) is 0 Å². The van der Waals surface area contributed by atoms with Gasteiger partial charge in [0, 0.05) is 17.5 Å². The molecule has 0 saturated heterocycles. The number of nitrogens with one attached hydrogen (secondary N) is 1. The fraction of sp³-hybridized carbons (Fsp3) is 0.444. The summed E-state index contributed by atoms with van der Waals surface area (Å²) in [4.78, 5) is 13.0. The largest absolute Gasteiger partial charge is 0.496 e. The third-order valence-electron chi connectivity index (χ3n) is 6.30. The Kier molecular flexibility index (Phi) is 12.7. The number of aliphatic hydroxyl groups excluding tert-OH is 3. The molecule has 0 heterocycles. The lowest BCUT2D eigenvalue weighted by Gasteiger charge is -2.36. The zero-order valence-electron chi connectivity index (χ0n) is 23.3. The number of sulfone groups is 1. The number of aliphatic hydroxyl groups is 3. The number of amides is 1. The maximum Gasteiger partial charge on any atom is 0.279 e. The molecule has 0 bridgehead atoms. The molecule has 2 aromatic rings. The van der Waals surface area contributed by atoms with Gasteiger partial charge in [0.15, 0.2) is 16.4 Å². The van der Waals surface area contributed by atoms with Crippen LogP contribution in [-0.2, 0) is 20.4 Å². The van der Waals surface area contributed by atoms with Crippen LogP contribution < -0.4 is 24.3 Å². The van der Waals surface area contributed by atoms with E-state index >= 15 is 0 Å². The van der Waals surface area contributed by atoms with Crippen molar-refractivity contribution in [2.45, 2.75) is 5.75 Å². The Morgan fingerprint density at radius 3 is 1.88 bits per heavy atom. The molecule has 0 atom stereocenters. The van der Waals surface area contributed by atoms with Gasteiger partial charge in [0.1, 0.15) is 42.6 Å². The molecular weight excluding hydrogens is 544 g/mol. The summed E-state index contributed by atoms with van der Waals surface area (Å²) in [5.41, 5.74) is 1.08. The predicted octanol–water partition coefficient (Wildman–Crippen LogP) is 1.04. The Morgan fingerprint density at radius 2 is 1.40 bits per heavy atom. The van der Waals surface area contributed by atoms with Gasteiger partial charge in [0.05, 0.1) is 65.3 Å². The van der Waals surface area contributed by atoms with Crippen LogP contribution in [0.2, 0.25) is 0 Å². The van der Waals surface area contributed by atoms with E-state index in [0.717, 1.165) is 5.41 Å². The fourth-order valence-corrected chi connectivity index (χ4v) is 5.38. The average molecular weight is 584 g/mol. The number of anilines is 1. The number of rotatable bonds is 17. The van der Waals surface area contributed by atoms with E-state index in [4.69, 9.17) is 18.9 Å². The summed E-state index contributed by atoms with van der Waals surface area (Å²) < 4.78 is 47.3. The minimum atomic E-state index is -3.78. The molecule has 40 heavy (non-hydrogen) atoms. The second-order valence-electron chi connectivity index (χ2n) is 8.98. The standard InChI is InChI=1S/C27H38N2O10S/c1-36-21-16-25(38-3)22(26(17-21)39-4)7-14-40(34,35)19-20-5-6-24(37-2)23(15-20)28-27(33)18-29(8-11-30,9-12-31)10-13-32/h5-7,14-17,30-32H,8-13,18-19H2,1-4H3/p+1. The third kappa shape index (κ3) is 9.10. The number of methoxy groups -OCH3 is 4. The molecule has 2 aromatic carbocycles. The van der Waals surface area contributed by atoms with Crippen molar-refractivity contribution in [1.82, 2.24) is 0 Å². The van der Waals surface area contributed by atoms with Crippen LogP contribution in [0, 0.1) is 0 Å². The van der Waals surface area contributed by atoms with E-state index in [1.54, 1.807) is 24.3 Å². The maximum atomic E-state index is 13.0. The van der Waals surface area contributed by atoms with Gasteiger partial charge < -0.3 is 44.1 Å². The second kappa shape index (κ2) is 15.4. The molecule has 1 amide bonds. The smallest absolute Gasteiger partial charge is 0.279 e. The molecule has 2 rings (SSSR count). The molecule has 12 nitrogen and oxygen atoms in total. The highest BCUT2D eigenvalue weighted by molar-refractivity contribution is 7.93. The molecular formula is C27H39N2O10S+. The van der Waals surface area contributed by atoms with Crippen LogP contribution in [0.1, 0.15) is 11.1 Å². The molecule has 0 saturated carbocycles. The van der Waals surface area contributed by atoms with Gasteiger partial charge in [-0.25, -0.2) is 8.42 Å². The van der Waals surface area contributed by atoms with Crippen molar-refractivity contribution in [3.05, 3.63) is 46.9 Å². The minimum absolute atomic E-state index is 0.0190. The van der Waals surface area contributed by atoms with Crippen LogP contribution in [-0.4, -0.2) is 109 Å². The summed E-state index contributed by atoms with van der Waals surface area (Å²) in [5, 5.41) is 32.2. The van der Waals surface area contributed by atoms with E-state index < -0.39 is 15.7 Å². The topological polar surface area (TPSA) is 161 Å². The number of quaternary nitrogens is 1. The number of carbonyl (C=O) groups is 1. The van der Waals surface area contributed by atoms with E-state index in [2.05, 4.69) is 5.32 Å². The second-order valence-corrected chi connectivity index (χ2v) is 10.9. The SMILES string of the molecule is COc1cc(OC)c(C=CS(=O)(=O)Cc2ccc(OC)c(NC(=O)C[N+](CCO)(CCO)CCO)c2)c(OC)c1. The molecule has 0 aromatic heterocycles. The molecule has 0 radical (unpaired) electrons. The third-order valence-corrected chi connectivity index (χ3v) is 7.59. The van der Waals surface area contributed by atoms with Gasteiger partial charge in [-0.2, -0.15) is 0 Å². The lowest BCUT2D eigenvalue weighted by atomic mass is 10.1. The molecule has 0 aliphatic rings. The Labute approximate surface area is 234 Å². The summed E-state index contributed by atoms with van der Waals surface area (Å²) in [5.74, 6) is 0.734. The van der Waals surface area contributed by atoms with Crippen LogP contribution in [0.5, 0.6) is 23.0 Å². The van der Waals surface area contributed by atoms with Crippen molar-refractivity contribution in [3.63, 3.8) is 0 Å². The van der Waals surface area contributed by atoms with Crippen molar-refractivity contribution in [2.75, 3.05) is 79.8 Å². The first-order chi connectivity index (χ1) is 19.1. The van der Waals surface area contributed by atoms with E-state index in [-0.39, 0.29) is 61.9 Å². The first-order valence-corrected chi connectivity index (χ1v) is 14.2. The van der Waals surface area contributed by atoms with Gasteiger partial charge in [0.25, 0.3) is 5.91 Å². The fourth-order valence-electron chi connectivity index (χ4n) is 4.29. The quantitative estimate of drug-likeness (QED) is 0.198. The van der Waals surface area contributed by atoms with Gasteiger partial charge in [-0.1, -0.05) is 6.07 Å². The van der Waals surface area contributed by atoms with Crippen molar-refractivity contribution in [1.29, 1.82) is 0 Å². The molecule has 0 unspecified atom stereocenters. The molecule has 0 spiro atoms. The van der Waals surface area contributed by atoms with Gasteiger partial charge in [-0.3, -0.25) is 4.79 Å². The van der Waals surface area contributed by atoms with E-state index in [9.17, 15) is 28.5 Å². The number of carbonyl (C=O) groups excluding carboxylic acids is 1. The first kappa shape index (κ1) is 32.8. The number of hydrogen-bond donors (Lipinski definition) is 4. The summed E-state index contributed by atoms with van der Waals surface area (Å²) in [7, 11) is 2.04. The lowest BCUT2D eigenvalue weighted by Crippen LogP contribution is -2.56. The number of hydrogen-bond acceptors (Lipinski definition) is 10. The molecule has 0 aliphatic heterocycles. The number of benzene rings is 2. The van der Waals surface area contributed by atoms with Gasteiger partial charge >= 0.3 is 0 Å². The molecule has 13 heteroatoms. The highest BCUT2D eigenvalue weighted by Gasteiger charge is 2.29. The number of ether oxygens (including phenoxy) is 4. The molecule has 0 aliphatic carbocycles. The van der Waals surface area contributed by atoms with Gasteiger partial charge in [0.2, 0.25) is 0 Å². The Hall–Kier alpha value is -3.36. The summed E-state index contributed by atoms with van der Waals surface area (Å²) in [6.07, 6.45) is 1.39. The van der Waals surface area contributed by atoms with Gasteiger partial charge in [-0.15, -0.1) is 0 Å². The number of nitrogens with zero attached hydrogens (tertiary/aromatic N) is 1. The van der Waals surface area contributed by atoms with E-state index in [0.29, 0.717) is 34.1 Å². The van der Waals surface area contributed by atoms with Crippen LogP contribution in [0.4, 0.5) is 5.69 Å². The molecule has 0 fully saturated rings. The first-order valence-electron chi connectivity index (χ1n) is 12.4. The van der Waals surface area contributed by atoms with Crippen molar-refractivity contribution >= 4 is 27.5 Å². The maximum absolute atomic E-state index is 13.0. The van der Waals surface area contributed by atoms with Crippen molar-refractivity contribution < 1.29 is 52.0 Å². The normalized spacial score (nSPS) is 11.9. The summed E-state index contributed by atoms with van der Waals surface area (Å²) in [6.45, 7) is -0.314. The van der Waals surface area contributed by atoms with Crippen LogP contribution >= 0.6 is 0 Å². The van der Waals surface area contributed by atoms with Crippen LogP contribution in [0.25, 0.3) is 6.08 Å². The summed E-state index contributed by atoms with van der Waals surface area (Å²) in [6, 6.07) is 7.87. The Bertz CT molecular complexity index is 1220. The van der Waals surface area contributed by atoms with Gasteiger partial charge in [-0.05, 0) is 23.8 Å².